The highest BCUT2D eigenvalue weighted by atomic mass is 19.1. The molecule has 2 aromatic rings. The van der Waals surface area contributed by atoms with Crippen LogP contribution in [0.2, 0.25) is 0 Å². The van der Waals surface area contributed by atoms with Gasteiger partial charge >= 0.3 is 0 Å². The van der Waals surface area contributed by atoms with Gasteiger partial charge in [0.1, 0.15) is 5.82 Å². The highest BCUT2D eigenvalue weighted by Crippen LogP contribution is 2.25. The Morgan fingerprint density at radius 1 is 1.48 bits per heavy atom. The predicted octanol–water partition coefficient (Wildman–Crippen LogP) is 2.75. The second-order valence-corrected chi connectivity index (χ2v) is 5.39. The first-order valence-corrected chi connectivity index (χ1v) is 7.11. The van der Waals surface area contributed by atoms with Gasteiger partial charge in [-0.3, -0.25) is 0 Å². The van der Waals surface area contributed by atoms with Crippen molar-refractivity contribution in [1.82, 2.24) is 10.1 Å². The summed E-state index contributed by atoms with van der Waals surface area (Å²) in [4.78, 5) is 4.18. The Morgan fingerprint density at radius 2 is 2.29 bits per heavy atom. The van der Waals surface area contributed by atoms with Gasteiger partial charge < -0.3 is 15.0 Å². The molecule has 0 amide bonds. The molecule has 0 saturated heterocycles. The second-order valence-electron chi connectivity index (χ2n) is 5.39. The molecule has 2 N–H and O–H groups in total. The molecule has 1 unspecified atom stereocenters. The van der Waals surface area contributed by atoms with E-state index in [0.29, 0.717) is 29.7 Å². The molecule has 112 valence electrons. The van der Waals surface area contributed by atoms with Crippen molar-refractivity contribution in [2.75, 3.05) is 6.61 Å². The normalized spacial score (nSPS) is 16.7. The van der Waals surface area contributed by atoms with Crippen molar-refractivity contribution < 1.29 is 13.7 Å². The topological polar surface area (TPSA) is 74.2 Å². The van der Waals surface area contributed by atoms with Crippen molar-refractivity contribution in [1.29, 1.82) is 0 Å². The van der Waals surface area contributed by atoms with Gasteiger partial charge in [0.25, 0.3) is 5.89 Å². The van der Waals surface area contributed by atoms with Crippen molar-refractivity contribution in [2.45, 2.75) is 38.3 Å². The first kappa shape index (κ1) is 14.2. The number of nitrogens with zero attached hydrogens (tertiary/aromatic N) is 2. The average Bonchev–Trinajstić information content (AvgIpc) is 2.89. The maximum Gasteiger partial charge on any atom is 0.260 e. The first-order chi connectivity index (χ1) is 10.1. The van der Waals surface area contributed by atoms with Gasteiger partial charge in [-0.15, -0.1) is 0 Å². The Kier molecular flexibility index (Phi) is 3.98. The Hall–Kier alpha value is -1.79. The Balaban J connectivity index is 1.71. The molecule has 1 aromatic carbocycles. The fraction of sp³-hybridized carbons (Fsp3) is 0.467. The SMILES string of the molecule is Cc1cccc(-c2nc(C(N)COC3CCC3)no2)c1F. The monoisotopic (exact) mass is 291 g/mol. The smallest absolute Gasteiger partial charge is 0.260 e. The Bertz CT molecular complexity index is 625. The molecule has 1 heterocycles. The number of aryl methyl sites for hydroxylation is 1. The van der Waals surface area contributed by atoms with Crippen LogP contribution in [0.5, 0.6) is 0 Å². The van der Waals surface area contributed by atoms with E-state index < -0.39 is 6.04 Å². The average molecular weight is 291 g/mol. The third kappa shape index (κ3) is 2.96. The van der Waals surface area contributed by atoms with Gasteiger partial charge in [-0.2, -0.15) is 4.98 Å². The number of aromatic nitrogens is 2. The van der Waals surface area contributed by atoms with Crippen LogP contribution in [0, 0.1) is 12.7 Å². The fourth-order valence-corrected chi connectivity index (χ4v) is 2.16. The highest BCUT2D eigenvalue weighted by Gasteiger charge is 2.22. The van der Waals surface area contributed by atoms with Crippen molar-refractivity contribution >= 4 is 0 Å². The largest absolute Gasteiger partial charge is 0.376 e. The minimum absolute atomic E-state index is 0.144. The van der Waals surface area contributed by atoms with Crippen molar-refractivity contribution in [3.05, 3.63) is 35.4 Å². The van der Waals surface area contributed by atoms with Crippen LogP contribution in [0.15, 0.2) is 22.7 Å². The molecule has 1 aliphatic carbocycles. The van der Waals surface area contributed by atoms with Gasteiger partial charge in [0.2, 0.25) is 0 Å². The van der Waals surface area contributed by atoms with E-state index in [9.17, 15) is 4.39 Å². The van der Waals surface area contributed by atoms with Crippen LogP contribution in [0.4, 0.5) is 4.39 Å². The number of hydrogen-bond donors (Lipinski definition) is 1. The predicted molar refractivity (Wildman–Crippen MR) is 74.9 cm³/mol. The van der Waals surface area contributed by atoms with E-state index in [4.69, 9.17) is 15.0 Å². The molecule has 0 radical (unpaired) electrons. The molecular formula is C15H18FN3O2. The Labute approximate surface area is 122 Å². The van der Waals surface area contributed by atoms with E-state index in [1.807, 2.05) is 0 Å². The third-order valence-corrected chi connectivity index (χ3v) is 3.76. The molecule has 21 heavy (non-hydrogen) atoms. The molecule has 3 rings (SSSR count). The molecule has 1 aromatic heterocycles. The summed E-state index contributed by atoms with van der Waals surface area (Å²) in [7, 11) is 0. The lowest BCUT2D eigenvalue weighted by atomic mass is 9.96. The zero-order chi connectivity index (χ0) is 14.8. The molecule has 0 spiro atoms. The number of ether oxygens (including phenoxy) is 1. The van der Waals surface area contributed by atoms with Gasteiger partial charge in [0.05, 0.1) is 24.3 Å². The third-order valence-electron chi connectivity index (χ3n) is 3.76. The van der Waals surface area contributed by atoms with E-state index in [1.54, 1.807) is 25.1 Å². The number of benzene rings is 1. The van der Waals surface area contributed by atoms with Crippen LogP contribution >= 0.6 is 0 Å². The number of nitrogens with two attached hydrogens (primary N) is 1. The van der Waals surface area contributed by atoms with E-state index >= 15 is 0 Å². The lowest BCUT2D eigenvalue weighted by Crippen LogP contribution is -2.27. The molecular weight excluding hydrogens is 273 g/mol. The molecule has 1 fully saturated rings. The van der Waals surface area contributed by atoms with Crippen LogP contribution in [0.25, 0.3) is 11.5 Å². The van der Waals surface area contributed by atoms with Crippen LogP contribution < -0.4 is 5.73 Å². The number of rotatable bonds is 5. The fourth-order valence-electron chi connectivity index (χ4n) is 2.16. The van der Waals surface area contributed by atoms with Crippen molar-refractivity contribution in [3.63, 3.8) is 0 Å². The van der Waals surface area contributed by atoms with Crippen LogP contribution in [-0.4, -0.2) is 22.9 Å². The summed E-state index contributed by atoms with van der Waals surface area (Å²) < 4.78 is 24.8. The van der Waals surface area contributed by atoms with Crippen molar-refractivity contribution in [3.8, 4) is 11.5 Å². The highest BCUT2D eigenvalue weighted by molar-refractivity contribution is 5.55. The van der Waals surface area contributed by atoms with Gasteiger partial charge in [-0.05, 0) is 37.8 Å². The molecule has 5 nitrogen and oxygen atoms in total. The summed E-state index contributed by atoms with van der Waals surface area (Å²) in [6.45, 7) is 2.04. The van der Waals surface area contributed by atoms with Gasteiger partial charge in [0, 0.05) is 0 Å². The van der Waals surface area contributed by atoms with Crippen molar-refractivity contribution in [2.24, 2.45) is 5.73 Å². The molecule has 0 bridgehead atoms. The minimum Gasteiger partial charge on any atom is -0.376 e. The first-order valence-electron chi connectivity index (χ1n) is 7.11. The van der Waals surface area contributed by atoms with Crippen LogP contribution in [0.3, 0.4) is 0 Å². The lowest BCUT2D eigenvalue weighted by molar-refractivity contribution is -0.00549. The molecule has 0 aliphatic heterocycles. The summed E-state index contributed by atoms with van der Waals surface area (Å²) in [5.74, 6) is 0.127. The van der Waals surface area contributed by atoms with Crippen LogP contribution in [-0.2, 0) is 4.74 Å². The van der Waals surface area contributed by atoms with Crippen LogP contribution in [0.1, 0.15) is 36.7 Å². The summed E-state index contributed by atoms with van der Waals surface area (Å²) in [6, 6.07) is 4.58. The number of hydrogen-bond acceptors (Lipinski definition) is 5. The van der Waals surface area contributed by atoms with Gasteiger partial charge in [0.15, 0.2) is 5.82 Å². The summed E-state index contributed by atoms with van der Waals surface area (Å²) in [5.41, 5.74) is 6.80. The molecule has 1 aliphatic rings. The standard InChI is InChI=1S/C15H18FN3O2/c1-9-4-2-7-11(13(9)16)15-18-14(19-21-15)12(17)8-20-10-5-3-6-10/h2,4,7,10,12H,3,5-6,8,17H2,1H3. The van der Waals surface area contributed by atoms with E-state index in [2.05, 4.69) is 10.1 Å². The van der Waals surface area contributed by atoms with E-state index in [-0.39, 0.29) is 11.7 Å². The zero-order valence-electron chi connectivity index (χ0n) is 11.9. The van der Waals surface area contributed by atoms with Gasteiger partial charge in [-0.25, -0.2) is 4.39 Å². The lowest BCUT2D eigenvalue weighted by Gasteiger charge is -2.26. The molecule has 6 heteroatoms. The minimum atomic E-state index is -0.462. The zero-order valence-corrected chi connectivity index (χ0v) is 11.9. The maximum atomic E-state index is 14.0. The Morgan fingerprint density at radius 3 is 3.00 bits per heavy atom. The quantitative estimate of drug-likeness (QED) is 0.916. The molecule has 1 atom stereocenters. The summed E-state index contributed by atoms with van der Waals surface area (Å²) in [6.07, 6.45) is 3.67. The maximum absolute atomic E-state index is 14.0. The summed E-state index contributed by atoms with van der Waals surface area (Å²) >= 11 is 0. The molecule has 1 saturated carbocycles. The summed E-state index contributed by atoms with van der Waals surface area (Å²) in [5, 5.41) is 3.83. The van der Waals surface area contributed by atoms with Gasteiger partial charge in [-0.1, -0.05) is 17.3 Å². The van der Waals surface area contributed by atoms with E-state index in [1.165, 1.54) is 6.42 Å². The van der Waals surface area contributed by atoms with E-state index in [0.717, 1.165) is 12.8 Å². The second kappa shape index (κ2) is 5.91. The number of halogens is 1.